The van der Waals surface area contributed by atoms with E-state index in [0.717, 1.165) is 19.3 Å². The van der Waals surface area contributed by atoms with Gasteiger partial charge in [-0.05, 0) is 18.9 Å². The molecule has 15 heavy (non-hydrogen) atoms. The number of carboxylic acid groups (broad SMARTS) is 1. The molecule has 0 saturated heterocycles. The number of unbranched alkanes of at least 4 members (excludes halogenated alkanes) is 4. The molecule has 0 aliphatic rings. The Bertz CT molecular complexity index is 236. The van der Waals surface area contributed by atoms with Crippen molar-refractivity contribution in [3.63, 3.8) is 0 Å². The lowest BCUT2D eigenvalue weighted by molar-refractivity contribution is -0.141. The molecule has 0 aliphatic heterocycles. The summed E-state index contributed by atoms with van der Waals surface area (Å²) in [6.45, 7) is 2.13. The van der Waals surface area contributed by atoms with Crippen molar-refractivity contribution in [3.05, 3.63) is 12.2 Å². The molecular formula is C11H19NO3. The largest absolute Gasteiger partial charge is 0.480 e. The van der Waals surface area contributed by atoms with Gasteiger partial charge in [-0.15, -0.1) is 0 Å². The van der Waals surface area contributed by atoms with Crippen molar-refractivity contribution in [2.75, 3.05) is 0 Å². The SMILES string of the molecule is CCCCCCC=CC(=O)C(N)C(=O)O. The Morgan fingerprint density at radius 1 is 1.33 bits per heavy atom. The van der Waals surface area contributed by atoms with Crippen molar-refractivity contribution in [3.8, 4) is 0 Å². The van der Waals surface area contributed by atoms with Crippen LogP contribution in [0.15, 0.2) is 12.2 Å². The van der Waals surface area contributed by atoms with Crippen LogP contribution in [-0.2, 0) is 9.59 Å². The van der Waals surface area contributed by atoms with E-state index >= 15 is 0 Å². The number of rotatable bonds is 8. The summed E-state index contributed by atoms with van der Waals surface area (Å²) in [6.07, 6.45) is 8.30. The Morgan fingerprint density at radius 2 is 2.00 bits per heavy atom. The summed E-state index contributed by atoms with van der Waals surface area (Å²) >= 11 is 0. The second-order valence-corrected chi connectivity index (χ2v) is 3.47. The van der Waals surface area contributed by atoms with Gasteiger partial charge in [0.05, 0.1) is 0 Å². The fourth-order valence-corrected chi connectivity index (χ4v) is 1.11. The van der Waals surface area contributed by atoms with E-state index in [1.54, 1.807) is 6.08 Å². The molecule has 0 spiro atoms. The molecule has 0 heterocycles. The molecule has 1 atom stereocenters. The molecule has 0 saturated carbocycles. The highest BCUT2D eigenvalue weighted by molar-refractivity contribution is 6.07. The number of carboxylic acids is 1. The lowest BCUT2D eigenvalue weighted by atomic mass is 10.1. The number of hydrogen-bond acceptors (Lipinski definition) is 3. The number of ketones is 1. The quantitative estimate of drug-likeness (QED) is 0.363. The smallest absolute Gasteiger partial charge is 0.328 e. The monoisotopic (exact) mass is 213 g/mol. The van der Waals surface area contributed by atoms with Crippen LogP contribution in [0.5, 0.6) is 0 Å². The fourth-order valence-electron chi connectivity index (χ4n) is 1.11. The molecule has 0 bridgehead atoms. The third-order valence-electron chi connectivity index (χ3n) is 2.08. The van der Waals surface area contributed by atoms with Gasteiger partial charge in [-0.25, -0.2) is 0 Å². The zero-order valence-corrected chi connectivity index (χ0v) is 9.11. The van der Waals surface area contributed by atoms with E-state index in [9.17, 15) is 9.59 Å². The van der Waals surface area contributed by atoms with Gasteiger partial charge in [0.15, 0.2) is 11.8 Å². The molecule has 0 aromatic rings. The van der Waals surface area contributed by atoms with Gasteiger partial charge in [0, 0.05) is 0 Å². The van der Waals surface area contributed by atoms with Crippen LogP contribution >= 0.6 is 0 Å². The molecule has 0 rings (SSSR count). The van der Waals surface area contributed by atoms with Crippen LogP contribution < -0.4 is 5.73 Å². The van der Waals surface area contributed by atoms with E-state index in [2.05, 4.69) is 6.92 Å². The summed E-state index contributed by atoms with van der Waals surface area (Å²) in [4.78, 5) is 21.4. The zero-order chi connectivity index (χ0) is 11.7. The van der Waals surface area contributed by atoms with Crippen LogP contribution in [0.1, 0.15) is 39.0 Å². The van der Waals surface area contributed by atoms with E-state index in [4.69, 9.17) is 10.8 Å². The van der Waals surface area contributed by atoms with Crippen molar-refractivity contribution in [1.82, 2.24) is 0 Å². The van der Waals surface area contributed by atoms with Crippen molar-refractivity contribution in [2.24, 2.45) is 5.73 Å². The van der Waals surface area contributed by atoms with E-state index in [1.807, 2.05) is 0 Å². The molecule has 0 fully saturated rings. The Balaban J connectivity index is 3.68. The van der Waals surface area contributed by atoms with Gasteiger partial charge in [0.2, 0.25) is 0 Å². The molecule has 86 valence electrons. The summed E-state index contributed by atoms with van der Waals surface area (Å²) < 4.78 is 0. The highest BCUT2D eigenvalue weighted by Crippen LogP contribution is 2.02. The summed E-state index contributed by atoms with van der Waals surface area (Å²) in [5.74, 6) is -1.83. The van der Waals surface area contributed by atoms with E-state index < -0.39 is 17.8 Å². The predicted molar refractivity (Wildman–Crippen MR) is 58.5 cm³/mol. The first-order valence-corrected chi connectivity index (χ1v) is 5.28. The predicted octanol–water partition coefficient (Wildman–Crippen LogP) is 1.49. The lowest BCUT2D eigenvalue weighted by Crippen LogP contribution is -2.37. The molecule has 4 nitrogen and oxygen atoms in total. The van der Waals surface area contributed by atoms with Crippen molar-refractivity contribution < 1.29 is 14.7 Å². The molecule has 0 aliphatic carbocycles. The van der Waals surface area contributed by atoms with Crippen molar-refractivity contribution >= 4 is 11.8 Å². The van der Waals surface area contributed by atoms with Crippen LogP contribution in [-0.4, -0.2) is 22.9 Å². The normalized spacial score (nSPS) is 12.9. The molecule has 4 heteroatoms. The first-order valence-electron chi connectivity index (χ1n) is 5.28. The Kier molecular flexibility index (Phi) is 7.54. The third-order valence-corrected chi connectivity index (χ3v) is 2.08. The maximum atomic E-state index is 11.1. The number of allylic oxidation sites excluding steroid dienone is 1. The number of aliphatic carboxylic acids is 1. The van der Waals surface area contributed by atoms with Gasteiger partial charge in [0.25, 0.3) is 0 Å². The number of carbonyl (C=O) groups excluding carboxylic acids is 1. The van der Waals surface area contributed by atoms with E-state index in [0.29, 0.717) is 0 Å². The van der Waals surface area contributed by atoms with Gasteiger partial charge in [-0.3, -0.25) is 9.59 Å². The lowest BCUT2D eigenvalue weighted by Gasteiger charge is -1.99. The van der Waals surface area contributed by atoms with Gasteiger partial charge in [0.1, 0.15) is 0 Å². The van der Waals surface area contributed by atoms with Crippen LogP contribution in [0.25, 0.3) is 0 Å². The van der Waals surface area contributed by atoms with Crippen LogP contribution in [0, 0.1) is 0 Å². The minimum Gasteiger partial charge on any atom is -0.480 e. The van der Waals surface area contributed by atoms with E-state index in [1.165, 1.54) is 18.9 Å². The summed E-state index contributed by atoms with van der Waals surface area (Å²) in [6, 6.07) is -1.42. The average Bonchev–Trinajstić information content (AvgIpc) is 2.21. The first kappa shape index (κ1) is 13.8. The zero-order valence-electron chi connectivity index (χ0n) is 9.11. The molecule has 3 N–H and O–H groups in total. The van der Waals surface area contributed by atoms with Crippen LogP contribution in [0.3, 0.4) is 0 Å². The number of hydrogen-bond donors (Lipinski definition) is 2. The van der Waals surface area contributed by atoms with Crippen molar-refractivity contribution in [1.29, 1.82) is 0 Å². The Morgan fingerprint density at radius 3 is 2.53 bits per heavy atom. The van der Waals surface area contributed by atoms with Crippen LogP contribution in [0.2, 0.25) is 0 Å². The topological polar surface area (TPSA) is 80.4 Å². The minimum atomic E-state index is -1.42. The molecule has 0 aromatic carbocycles. The maximum Gasteiger partial charge on any atom is 0.328 e. The standard InChI is InChI=1S/C11H19NO3/c1-2-3-4-5-6-7-8-9(13)10(12)11(14)15/h7-8,10H,2-6,12H2,1H3,(H,14,15). The molecular weight excluding hydrogens is 194 g/mol. The molecule has 0 amide bonds. The van der Waals surface area contributed by atoms with Crippen molar-refractivity contribution in [2.45, 2.75) is 45.1 Å². The van der Waals surface area contributed by atoms with Crippen LogP contribution in [0.4, 0.5) is 0 Å². The Labute approximate surface area is 90.2 Å². The second kappa shape index (κ2) is 8.17. The molecule has 1 unspecified atom stereocenters. The number of carbonyl (C=O) groups is 2. The van der Waals surface area contributed by atoms with Gasteiger partial charge >= 0.3 is 5.97 Å². The second-order valence-electron chi connectivity index (χ2n) is 3.47. The fraction of sp³-hybridized carbons (Fsp3) is 0.636. The highest BCUT2D eigenvalue weighted by Gasteiger charge is 2.17. The van der Waals surface area contributed by atoms with E-state index in [-0.39, 0.29) is 0 Å². The molecule has 0 aromatic heterocycles. The minimum absolute atomic E-state index is 0.544. The first-order chi connectivity index (χ1) is 7.09. The van der Waals surface area contributed by atoms with Gasteiger partial charge in [-0.1, -0.05) is 32.3 Å². The maximum absolute atomic E-state index is 11.1. The van der Waals surface area contributed by atoms with Gasteiger partial charge < -0.3 is 10.8 Å². The summed E-state index contributed by atoms with van der Waals surface area (Å²) in [5.41, 5.74) is 5.12. The Hall–Kier alpha value is -1.16. The average molecular weight is 213 g/mol. The third kappa shape index (κ3) is 6.85. The summed E-state index contributed by atoms with van der Waals surface area (Å²) in [5, 5.41) is 8.45. The van der Waals surface area contributed by atoms with Gasteiger partial charge in [-0.2, -0.15) is 0 Å². The highest BCUT2D eigenvalue weighted by atomic mass is 16.4. The molecule has 0 radical (unpaired) electrons. The summed E-state index contributed by atoms with van der Waals surface area (Å²) in [7, 11) is 0. The number of nitrogens with two attached hydrogens (primary N) is 1.